The van der Waals surface area contributed by atoms with Gasteiger partial charge in [0.1, 0.15) is 10.0 Å². The zero-order valence-electron chi connectivity index (χ0n) is 16.1. The Balaban J connectivity index is 0.000000220. The number of methoxy groups -OCH3 is 1. The van der Waals surface area contributed by atoms with Gasteiger partial charge in [-0.25, -0.2) is 4.79 Å². The van der Waals surface area contributed by atoms with Gasteiger partial charge in [-0.05, 0) is 23.3 Å². The first-order valence-electron chi connectivity index (χ1n) is 8.35. The maximum Gasteiger partial charge on any atom is 0.338 e. The van der Waals surface area contributed by atoms with Crippen LogP contribution in [0.4, 0.5) is 11.4 Å². The van der Waals surface area contributed by atoms with Crippen molar-refractivity contribution in [2.75, 3.05) is 14.2 Å². The molecule has 0 N–H and O–H groups in total. The monoisotopic (exact) mass is 533 g/mol. The van der Waals surface area contributed by atoms with Gasteiger partial charge in [-0.1, -0.05) is 39.1 Å². The third-order valence-electron chi connectivity index (χ3n) is 4.27. The summed E-state index contributed by atoms with van der Waals surface area (Å²) in [5.74, 6) is -0.729. The number of halogens is 3. The number of amides is 1. The number of hydrogen-bond donors (Lipinski definition) is 0. The highest BCUT2D eigenvalue weighted by atomic mass is 79.9. The van der Waals surface area contributed by atoms with Crippen LogP contribution in [0.15, 0.2) is 24.3 Å². The Morgan fingerprint density at radius 1 is 1.13 bits per heavy atom. The molecule has 10 nitrogen and oxygen atoms in total. The first-order chi connectivity index (χ1) is 14.5. The standard InChI is InChI=1S/C9H7BrClNO4.C9H7ClN2O3/c1-16-9(13)6-3-7(11)8(12(14)15)2-5(6)4-10;1-11-4-5-2-8(12(14)15)7(10)3-6(5)9(11)13/h2-3H,4H2,1H3;2-3H,4H2,1H3. The Labute approximate surface area is 194 Å². The van der Waals surface area contributed by atoms with Gasteiger partial charge in [0.2, 0.25) is 0 Å². The molecule has 164 valence electrons. The second-order valence-corrected chi connectivity index (χ2v) is 7.60. The van der Waals surface area contributed by atoms with Crippen LogP contribution >= 0.6 is 39.1 Å². The Morgan fingerprint density at radius 2 is 1.68 bits per heavy atom. The predicted octanol–water partition coefficient (Wildman–Crippen LogP) is 4.76. The molecule has 1 amide bonds. The van der Waals surface area contributed by atoms with Crippen molar-refractivity contribution in [1.82, 2.24) is 4.90 Å². The smallest absolute Gasteiger partial charge is 0.338 e. The van der Waals surface area contributed by atoms with Crippen molar-refractivity contribution >= 4 is 62.4 Å². The lowest BCUT2D eigenvalue weighted by atomic mass is 10.1. The lowest BCUT2D eigenvalue weighted by Crippen LogP contribution is -2.17. The average molecular weight is 535 g/mol. The molecule has 2 aromatic carbocycles. The number of carbonyl (C=O) groups excluding carboxylic acids is 2. The molecule has 2 aromatic rings. The van der Waals surface area contributed by atoms with Crippen LogP contribution in [-0.2, 0) is 16.6 Å². The number of alkyl halides is 1. The summed E-state index contributed by atoms with van der Waals surface area (Å²) >= 11 is 14.5. The van der Waals surface area contributed by atoms with Crippen LogP contribution in [0.1, 0.15) is 31.8 Å². The number of hydrogen-bond acceptors (Lipinski definition) is 7. The molecule has 13 heteroatoms. The van der Waals surface area contributed by atoms with E-state index >= 15 is 0 Å². The number of benzene rings is 2. The van der Waals surface area contributed by atoms with Gasteiger partial charge in [0.15, 0.2) is 0 Å². The second kappa shape index (κ2) is 10.0. The van der Waals surface area contributed by atoms with Gasteiger partial charge in [-0.2, -0.15) is 0 Å². The zero-order valence-corrected chi connectivity index (χ0v) is 19.2. The van der Waals surface area contributed by atoms with Crippen LogP contribution in [0, 0.1) is 20.2 Å². The topological polar surface area (TPSA) is 133 Å². The molecule has 0 aromatic heterocycles. The van der Waals surface area contributed by atoms with Gasteiger partial charge < -0.3 is 9.64 Å². The van der Waals surface area contributed by atoms with Crippen molar-refractivity contribution < 1.29 is 24.2 Å². The van der Waals surface area contributed by atoms with E-state index in [1.807, 2.05) is 0 Å². The van der Waals surface area contributed by atoms with E-state index in [0.717, 1.165) is 0 Å². The van der Waals surface area contributed by atoms with Gasteiger partial charge in [-0.15, -0.1) is 0 Å². The number of fused-ring (bicyclic) bond motifs is 1. The fourth-order valence-electron chi connectivity index (χ4n) is 2.76. The van der Waals surface area contributed by atoms with E-state index in [0.29, 0.717) is 28.6 Å². The molecule has 3 rings (SSSR count). The number of nitro groups is 2. The molecule has 0 spiro atoms. The summed E-state index contributed by atoms with van der Waals surface area (Å²) < 4.78 is 4.55. The molecule has 0 radical (unpaired) electrons. The van der Waals surface area contributed by atoms with E-state index in [2.05, 4.69) is 20.7 Å². The van der Waals surface area contributed by atoms with Crippen molar-refractivity contribution in [2.45, 2.75) is 11.9 Å². The fraction of sp³-hybridized carbons (Fsp3) is 0.222. The summed E-state index contributed by atoms with van der Waals surface area (Å²) in [7, 11) is 2.87. The van der Waals surface area contributed by atoms with Crippen molar-refractivity contribution in [3.8, 4) is 0 Å². The minimum Gasteiger partial charge on any atom is -0.465 e. The van der Waals surface area contributed by atoms with Gasteiger partial charge in [0, 0.05) is 36.6 Å². The number of ether oxygens (including phenoxy) is 1. The molecule has 31 heavy (non-hydrogen) atoms. The lowest BCUT2D eigenvalue weighted by Gasteiger charge is -2.06. The number of carbonyl (C=O) groups is 2. The van der Waals surface area contributed by atoms with Crippen LogP contribution in [0.25, 0.3) is 0 Å². The summed E-state index contributed by atoms with van der Waals surface area (Å²) in [6, 6.07) is 5.21. The van der Waals surface area contributed by atoms with Crippen LogP contribution in [-0.4, -0.2) is 40.8 Å². The molecule has 1 heterocycles. The largest absolute Gasteiger partial charge is 0.465 e. The number of nitrogens with zero attached hydrogens (tertiary/aromatic N) is 3. The normalized spacial score (nSPS) is 12.0. The highest BCUT2D eigenvalue weighted by Crippen LogP contribution is 2.32. The number of nitro benzene ring substituents is 2. The molecule has 0 saturated carbocycles. The molecule has 0 unspecified atom stereocenters. The quantitative estimate of drug-likeness (QED) is 0.239. The third kappa shape index (κ3) is 5.30. The number of rotatable bonds is 4. The Bertz CT molecular complexity index is 1090. The molecule has 0 fully saturated rings. The molecule has 0 bridgehead atoms. The zero-order chi connectivity index (χ0) is 23.5. The summed E-state index contributed by atoms with van der Waals surface area (Å²) in [5, 5.41) is 21.5. The highest BCUT2D eigenvalue weighted by Gasteiger charge is 2.28. The summed E-state index contributed by atoms with van der Waals surface area (Å²) in [4.78, 5) is 44.5. The van der Waals surface area contributed by atoms with Gasteiger partial charge in [-0.3, -0.25) is 25.0 Å². The third-order valence-corrected chi connectivity index (χ3v) is 5.48. The maximum absolute atomic E-state index is 11.5. The van der Waals surface area contributed by atoms with Crippen molar-refractivity contribution in [3.05, 3.63) is 76.8 Å². The molecular formula is C18H14BrCl2N3O7. The lowest BCUT2D eigenvalue weighted by molar-refractivity contribution is -0.384. The highest BCUT2D eigenvalue weighted by molar-refractivity contribution is 9.08. The van der Waals surface area contributed by atoms with E-state index in [9.17, 15) is 29.8 Å². The Morgan fingerprint density at radius 3 is 2.19 bits per heavy atom. The molecule has 1 aliphatic heterocycles. The van der Waals surface area contributed by atoms with Crippen molar-refractivity contribution in [2.24, 2.45) is 0 Å². The Kier molecular flexibility index (Phi) is 7.93. The summed E-state index contributed by atoms with van der Waals surface area (Å²) in [6.45, 7) is 0.395. The van der Waals surface area contributed by atoms with Crippen molar-refractivity contribution in [1.29, 1.82) is 0 Å². The van der Waals surface area contributed by atoms with Gasteiger partial charge in [0.25, 0.3) is 17.3 Å². The van der Waals surface area contributed by atoms with Crippen LogP contribution < -0.4 is 0 Å². The molecular weight excluding hydrogens is 521 g/mol. The average Bonchev–Trinajstić information content (AvgIpc) is 2.99. The minimum atomic E-state index is -0.602. The van der Waals surface area contributed by atoms with E-state index < -0.39 is 15.8 Å². The predicted molar refractivity (Wildman–Crippen MR) is 116 cm³/mol. The SMILES string of the molecule is CN1Cc2cc([N+](=O)[O-])c(Cl)cc2C1=O.COC(=O)c1cc(Cl)c([N+](=O)[O-])cc1CBr. The summed E-state index contributed by atoms with van der Waals surface area (Å²) in [5.41, 5.74) is 1.40. The first-order valence-corrected chi connectivity index (χ1v) is 10.2. The van der Waals surface area contributed by atoms with Crippen LogP contribution in [0.3, 0.4) is 0 Å². The van der Waals surface area contributed by atoms with E-state index in [1.54, 1.807) is 7.05 Å². The molecule has 0 atom stereocenters. The van der Waals surface area contributed by atoms with E-state index in [4.69, 9.17) is 23.2 Å². The Hall–Kier alpha value is -2.76. The van der Waals surface area contributed by atoms with E-state index in [-0.39, 0.29) is 32.9 Å². The van der Waals surface area contributed by atoms with Crippen LogP contribution in [0.5, 0.6) is 0 Å². The van der Waals surface area contributed by atoms with Crippen LogP contribution in [0.2, 0.25) is 10.0 Å². The fourth-order valence-corrected chi connectivity index (χ4v) is 3.69. The first kappa shape index (κ1) is 24.5. The minimum absolute atomic E-state index is 0.00222. The summed E-state index contributed by atoms with van der Waals surface area (Å²) in [6.07, 6.45) is 0. The van der Waals surface area contributed by atoms with Crippen molar-refractivity contribution in [3.63, 3.8) is 0 Å². The van der Waals surface area contributed by atoms with Gasteiger partial charge in [0.05, 0.1) is 22.5 Å². The second-order valence-electron chi connectivity index (χ2n) is 6.22. The van der Waals surface area contributed by atoms with Gasteiger partial charge >= 0.3 is 5.97 Å². The molecule has 0 saturated heterocycles. The van der Waals surface area contributed by atoms with E-state index in [1.165, 1.54) is 36.3 Å². The number of esters is 1. The molecule has 0 aliphatic carbocycles. The maximum atomic E-state index is 11.5. The molecule has 1 aliphatic rings.